The third-order valence-corrected chi connectivity index (χ3v) is 2.42. The van der Waals surface area contributed by atoms with E-state index in [0.29, 0.717) is 6.41 Å². The van der Waals surface area contributed by atoms with Crippen LogP contribution in [-0.2, 0) is 9.53 Å². The molecule has 1 fully saturated rings. The quantitative estimate of drug-likeness (QED) is 0.384. The molecule has 6 nitrogen and oxygen atoms in total. The van der Waals surface area contributed by atoms with Crippen LogP contribution in [0.1, 0.15) is 6.42 Å². The van der Waals surface area contributed by atoms with Gasteiger partial charge < -0.3 is 15.6 Å². The zero-order valence-corrected chi connectivity index (χ0v) is 9.49. The molecular weight excluding hydrogens is 229 g/mol. The van der Waals surface area contributed by atoms with Crippen LogP contribution in [0.2, 0.25) is 0 Å². The molecule has 3 N–H and O–H groups in total. The van der Waals surface area contributed by atoms with Crippen LogP contribution < -0.4 is 5.73 Å². The summed E-state index contributed by atoms with van der Waals surface area (Å²) < 4.78 is 18.7. The Bertz CT molecular complexity index is 322. The van der Waals surface area contributed by atoms with E-state index in [0.717, 1.165) is 4.90 Å². The second-order valence-electron chi connectivity index (χ2n) is 3.60. The van der Waals surface area contributed by atoms with Gasteiger partial charge in [-0.15, -0.1) is 0 Å². The maximum Gasteiger partial charge on any atom is 0.215 e. The Morgan fingerprint density at radius 1 is 1.76 bits per heavy atom. The first-order valence-corrected chi connectivity index (χ1v) is 5.16. The maximum atomic E-state index is 13.5. The number of rotatable bonds is 5. The van der Waals surface area contributed by atoms with Crippen molar-refractivity contribution >= 4 is 12.2 Å². The minimum Gasteiger partial charge on any atom is -0.394 e. The average molecular weight is 245 g/mol. The van der Waals surface area contributed by atoms with Gasteiger partial charge >= 0.3 is 0 Å². The number of carbonyl (C=O) groups excluding carboxylic acids is 1. The van der Waals surface area contributed by atoms with E-state index in [2.05, 4.69) is 4.99 Å². The lowest BCUT2D eigenvalue weighted by Crippen LogP contribution is -2.36. The molecule has 3 atom stereocenters. The Kier molecular flexibility index (Phi) is 5.05. The molecule has 7 heteroatoms. The number of alkyl halides is 1. The molecule has 1 heterocycles. The van der Waals surface area contributed by atoms with Crippen LogP contribution in [0.5, 0.6) is 0 Å². The third kappa shape index (κ3) is 3.50. The first kappa shape index (κ1) is 13.6. The molecule has 1 amide bonds. The van der Waals surface area contributed by atoms with Crippen LogP contribution in [-0.4, -0.2) is 54.4 Å². The molecule has 0 aliphatic carbocycles. The summed E-state index contributed by atoms with van der Waals surface area (Å²) in [7, 11) is 1.50. The predicted molar refractivity (Wildman–Crippen MR) is 59.8 cm³/mol. The topological polar surface area (TPSA) is 88.2 Å². The summed E-state index contributed by atoms with van der Waals surface area (Å²) in [6, 6.07) is 0. The van der Waals surface area contributed by atoms with Crippen LogP contribution in [0.4, 0.5) is 4.39 Å². The molecule has 1 aliphatic rings. The fraction of sp³-hybridized carbons (Fsp3) is 0.600. The van der Waals surface area contributed by atoms with Crippen LogP contribution >= 0.6 is 0 Å². The number of aliphatic imine (C=N–C) groups is 1. The summed E-state index contributed by atoms with van der Waals surface area (Å²) in [6.45, 7) is -0.272. The minimum absolute atomic E-state index is 0.0662. The van der Waals surface area contributed by atoms with E-state index in [4.69, 9.17) is 15.6 Å². The average Bonchev–Trinajstić information content (AvgIpc) is 2.71. The Balaban J connectivity index is 2.68. The SMILES string of the molecule is CN=C(N)/C=C\N(C=O)C1OC(CO)CC1F. The Morgan fingerprint density at radius 3 is 2.94 bits per heavy atom. The zero-order valence-electron chi connectivity index (χ0n) is 9.49. The van der Waals surface area contributed by atoms with Crippen molar-refractivity contribution in [2.75, 3.05) is 13.7 Å². The number of amides is 1. The molecule has 0 bridgehead atoms. The summed E-state index contributed by atoms with van der Waals surface area (Å²) in [5.74, 6) is 0.212. The number of nitrogens with two attached hydrogens (primary N) is 1. The number of carbonyl (C=O) groups is 1. The molecule has 17 heavy (non-hydrogen) atoms. The van der Waals surface area contributed by atoms with Crippen molar-refractivity contribution in [2.24, 2.45) is 10.7 Å². The summed E-state index contributed by atoms with van der Waals surface area (Å²) in [4.78, 5) is 15.5. The number of amidine groups is 1. The lowest BCUT2D eigenvalue weighted by molar-refractivity contribution is -0.130. The standard InChI is InChI=1S/C10H16FN3O3/c1-13-9(12)2-3-14(6-16)10-8(11)4-7(5-15)17-10/h2-3,6-8,10,15H,4-5H2,1H3,(H2,12,13)/b3-2-. The second-order valence-corrected chi connectivity index (χ2v) is 3.60. The Hall–Kier alpha value is -1.47. The van der Waals surface area contributed by atoms with E-state index < -0.39 is 18.5 Å². The van der Waals surface area contributed by atoms with Crippen LogP contribution in [0, 0.1) is 0 Å². The second kappa shape index (κ2) is 6.31. The lowest BCUT2D eigenvalue weighted by Gasteiger charge is -2.22. The van der Waals surface area contributed by atoms with Crippen molar-refractivity contribution in [1.29, 1.82) is 0 Å². The van der Waals surface area contributed by atoms with E-state index in [9.17, 15) is 9.18 Å². The van der Waals surface area contributed by atoms with Crippen molar-refractivity contribution in [3.8, 4) is 0 Å². The van der Waals surface area contributed by atoms with Crippen LogP contribution in [0.25, 0.3) is 0 Å². The largest absolute Gasteiger partial charge is 0.394 e. The fourth-order valence-corrected chi connectivity index (χ4v) is 1.50. The van der Waals surface area contributed by atoms with Crippen molar-refractivity contribution in [3.05, 3.63) is 12.3 Å². The van der Waals surface area contributed by atoms with Gasteiger partial charge in [-0.1, -0.05) is 0 Å². The van der Waals surface area contributed by atoms with Crippen molar-refractivity contribution in [3.63, 3.8) is 0 Å². The molecule has 0 aromatic heterocycles. The normalized spacial score (nSPS) is 29.8. The molecule has 3 unspecified atom stereocenters. The van der Waals surface area contributed by atoms with Crippen LogP contribution in [0.3, 0.4) is 0 Å². The van der Waals surface area contributed by atoms with Crippen LogP contribution in [0.15, 0.2) is 17.3 Å². The summed E-state index contributed by atoms with van der Waals surface area (Å²) >= 11 is 0. The number of ether oxygens (including phenoxy) is 1. The highest BCUT2D eigenvalue weighted by molar-refractivity contribution is 5.91. The van der Waals surface area contributed by atoms with Crippen molar-refractivity contribution < 1.29 is 19.0 Å². The summed E-state index contributed by atoms with van der Waals surface area (Å²) in [5, 5.41) is 8.86. The number of hydrogen-bond donors (Lipinski definition) is 2. The molecule has 0 aromatic carbocycles. The monoisotopic (exact) mass is 245 g/mol. The van der Waals surface area contributed by atoms with E-state index in [1.165, 1.54) is 19.3 Å². The highest BCUT2D eigenvalue weighted by Gasteiger charge is 2.38. The first-order chi connectivity index (χ1) is 8.12. The van der Waals surface area contributed by atoms with E-state index in [-0.39, 0.29) is 18.9 Å². The van der Waals surface area contributed by atoms with Gasteiger partial charge in [-0.3, -0.25) is 14.7 Å². The molecule has 1 saturated heterocycles. The van der Waals surface area contributed by atoms with Gasteiger partial charge in [0, 0.05) is 19.7 Å². The van der Waals surface area contributed by atoms with Crippen molar-refractivity contribution in [1.82, 2.24) is 4.90 Å². The summed E-state index contributed by atoms with van der Waals surface area (Å²) in [5.41, 5.74) is 5.41. The van der Waals surface area contributed by atoms with Gasteiger partial charge in [0.25, 0.3) is 0 Å². The van der Waals surface area contributed by atoms with Gasteiger partial charge in [0.15, 0.2) is 6.23 Å². The highest BCUT2D eigenvalue weighted by atomic mass is 19.1. The first-order valence-electron chi connectivity index (χ1n) is 5.16. The van der Waals surface area contributed by atoms with Gasteiger partial charge in [-0.25, -0.2) is 4.39 Å². The Morgan fingerprint density at radius 2 is 2.47 bits per heavy atom. The third-order valence-electron chi connectivity index (χ3n) is 2.42. The Labute approximate surface area is 98.6 Å². The minimum atomic E-state index is -1.33. The highest BCUT2D eigenvalue weighted by Crippen LogP contribution is 2.25. The van der Waals surface area contributed by atoms with Gasteiger partial charge in [0.05, 0.1) is 12.7 Å². The molecule has 0 radical (unpaired) electrons. The van der Waals surface area contributed by atoms with Gasteiger partial charge in [0.1, 0.15) is 12.0 Å². The zero-order chi connectivity index (χ0) is 12.8. The molecule has 0 spiro atoms. The van der Waals surface area contributed by atoms with Gasteiger partial charge in [0.2, 0.25) is 6.41 Å². The maximum absolute atomic E-state index is 13.5. The van der Waals surface area contributed by atoms with E-state index >= 15 is 0 Å². The molecule has 1 rings (SSSR count). The molecule has 1 aliphatic heterocycles. The molecule has 96 valence electrons. The number of nitrogens with zero attached hydrogens (tertiary/aromatic N) is 2. The number of aliphatic hydroxyl groups excluding tert-OH is 1. The lowest BCUT2D eigenvalue weighted by atomic mass is 10.2. The van der Waals surface area contributed by atoms with E-state index in [1.807, 2.05) is 0 Å². The number of aliphatic hydroxyl groups is 1. The smallest absolute Gasteiger partial charge is 0.215 e. The number of halogens is 1. The van der Waals surface area contributed by atoms with Gasteiger partial charge in [-0.2, -0.15) is 0 Å². The molecule has 0 saturated carbocycles. The van der Waals surface area contributed by atoms with Gasteiger partial charge in [-0.05, 0) is 6.08 Å². The van der Waals surface area contributed by atoms with E-state index in [1.54, 1.807) is 0 Å². The number of hydrogen-bond acceptors (Lipinski definition) is 4. The van der Waals surface area contributed by atoms with Crippen molar-refractivity contribution in [2.45, 2.75) is 24.9 Å². The molecule has 0 aromatic rings. The summed E-state index contributed by atoms with van der Waals surface area (Å²) in [6.07, 6.45) is 0.242. The molecular formula is C10H16FN3O3. The fourth-order valence-electron chi connectivity index (χ4n) is 1.50. The predicted octanol–water partition coefficient (Wildman–Crippen LogP) is -0.609.